The quantitative estimate of drug-likeness (QED) is 0.494. The van der Waals surface area contributed by atoms with Gasteiger partial charge in [-0.25, -0.2) is 14.8 Å². The van der Waals surface area contributed by atoms with Crippen molar-refractivity contribution in [2.75, 3.05) is 5.32 Å². The summed E-state index contributed by atoms with van der Waals surface area (Å²) >= 11 is 0. The van der Waals surface area contributed by atoms with Gasteiger partial charge in [0.2, 0.25) is 0 Å². The number of hydrogen-bond acceptors (Lipinski definition) is 6. The maximum atomic E-state index is 13.2. The van der Waals surface area contributed by atoms with Crippen LogP contribution >= 0.6 is 0 Å². The van der Waals surface area contributed by atoms with Gasteiger partial charge in [-0.15, -0.1) is 0 Å². The Hall–Kier alpha value is -3.69. The summed E-state index contributed by atoms with van der Waals surface area (Å²) in [4.78, 5) is 25.7. The number of pyridine rings is 1. The van der Waals surface area contributed by atoms with Crippen LogP contribution in [0.3, 0.4) is 0 Å². The zero-order valence-electron chi connectivity index (χ0n) is 19.6. The summed E-state index contributed by atoms with van der Waals surface area (Å²) in [6, 6.07) is 8.30. The number of carbonyl (C=O) groups is 1. The molecular formula is C25H26F3N5O2. The zero-order valence-corrected chi connectivity index (χ0v) is 19.6. The second-order valence-electron chi connectivity index (χ2n) is 9.35. The first-order valence-corrected chi connectivity index (χ1v) is 11.2. The van der Waals surface area contributed by atoms with Crippen LogP contribution in [-0.4, -0.2) is 32.7 Å². The number of nitrogens with zero attached hydrogens (tertiary/aromatic N) is 3. The van der Waals surface area contributed by atoms with Crippen molar-refractivity contribution in [1.82, 2.24) is 20.3 Å². The highest BCUT2D eigenvalue weighted by molar-refractivity contribution is 5.69. The van der Waals surface area contributed by atoms with Gasteiger partial charge in [-0.3, -0.25) is 4.98 Å². The second kappa shape index (κ2) is 9.52. The lowest BCUT2D eigenvalue weighted by Crippen LogP contribution is -2.42. The molecule has 2 heterocycles. The van der Waals surface area contributed by atoms with Crippen molar-refractivity contribution in [3.8, 4) is 11.4 Å². The van der Waals surface area contributed by atoms with Crippen molar-refractivity contribution in [2.24, 2.45) is 0 Å². The average molecular weight is 486 g/mol. The number of nitrogens with one attached hydrogen (secondary N) is 2. The Morgan fingerprint density at radius 2 is 1.91 bits per heavy atom. The summed E-state index contributed by atoms with van der Waals surface area (Å²) in [6.45, 7) is 5.36. The minimum absolute atomic E-state index is 0.229. The molecule has 0 bridgehead atoms. The van der Waals surface area contributed by atoms with E-state index in [1.807, 2.05) is 6.07 Å². The van der Waals surface area contributed by atoms with Crippen LogP contribution in [0.2, 0.25) is 0 Å². The van der Waals surface area contributed by atoms with Gasteiger partial charge in [-0.2, -0.15) is 13.2 Å². The molecular weight excluding hydrogens is 459 g/mol. The maximum absolute atomic E-state index is 13.2. The molecule has 0 aliphatic heterocycles. The van der Waals surface area contributed by atoms with Crippen LogP contribution < -0.4 is 10.6 Å². The van der Waals surface area contributed by atoms with Crippen LogP contribution in [0.1, 0.15) is 44.0 Å². The number of alkyl carbamates (subject to hydrolysis) is 1. The summed E-state index contributed by atoms with van der Waals surface area (Å²) in [5, 5.41) is 5.93. The number of ether oxygens (including phenoxy) is 1. The van der Waals surface area contributed by atoms with Crippen LogP contribution in [0.15, 0.2) is 48.8 Å². The fourth-order valence-electron chi connectivity index (χ4n) is 3.85. The van der Waals surface area contributed by atoms with E-state index in [4.69, 9.17) is 9.72 Å². The van der Waals surface area contributed by atoms with Gasteiger partial charge in [0.25, 0.3) is 0 Å². The first-order valence-electron chi connectivity index (χ1n) is 11.2. The lowest BCUT2D eigenvalue weighted by molar-refractivity contribution is -0.137. The first kappa shape index (κ1) is 24.4. The van der Waals surface area contributed by atoms with E-state index in [9.17, 15) is 18.0 Å². The number of fused-ring (bicyclic) bond motifs is 1. The molecule has 7 nitrogen and oxygen atoms in total. The highest BCUT2D eigenvalue weighted by Gasteiger charge is 2.31. The number of anilines is 2. The molecule has 1 aliphatic carbocycles. The molecule has 0 radical (unpaired) electrons. The number of alkyl halides is 3. The number of halogens is 3. The molecule has 1 amide bonds. The van der Waals surface area contributed by atoms with Crippen molar-refractivity contribution in [3.05, 3.63) is 65.6 Å². The highest BCUT2D eigenvalue weighted by atomic mass is 19.4. The van der Waals surface area contributed by atoms with Gasteiger partial charge in [-0.1, -0.05) is 6.07 Å². The smallest absolute Gasteiger partial charge is 0.416 e. The van der Waals surface area contributed by atoms with Gasteiger partial charge in [0.15, 0.2) is 5.82 Å². The third-order valence-electron chi connectivity index (χ3n) is 5.37. The number of benzene rings is 1. The molecule has 1 aliphatic rings. The Kier molecular flexibility index (Phi) is 6.64. The average Bonchev–Trinajstić information content (AvgIpc) is 2.78. The van der Waals surface area contributed by atoms with Crippen LogP contribution in [0, 0.1) is 0 Å². The molecule has 0 saturated carbocycles. The molecule has 3 aromatic rings. The minimum Gasteiger partial charge on any atom is -0.444 e. The standard InChI is InChI=1S/C25H26F3N5O2/c1-24(2,3)35-23(34)31-18-9-10-20-19(13-18)22(33-21(32-20)15-6-5-11-29-14-15)30-17-8-4-7-16(12-17)25(26,27)28/h4-8,11-12,14,18H,9-10,13H2,1-3H3,(H,31,34)(H,30,32,33)/t18-/m1/s1. The van der Waals surface area contributed by atoms with Gasteiger partial charge >= 0.3 is 12.3 Å². The normalized spacial score (nSPS) is 15.8. The number of amides is 1. The van der Waals surface area contributed by atoms with E-state index >= 15 is 0 Å². The zero-order chi connectivity index (χ0) is 25.2. The molecule has 0 spiro atoms. The summed E-state index contributed by atoms with van der Waals surface area (Å²) < 4.78 is 45.1. The van der Waals surface area contributed by atoms with Crippen molar-refractivity contribution in [2.45, 2.75) is 57.9 Å². The third-order valence-corrected chi connectivity index (χ3v) is 5.37. The van der Waals surface area contributed by atoms with Gasteiger partial charge in [0.05, 0.1) is 5.56 Å². The molecule has 1 aromatic carbocycles. The van der Waals surface area contributed by atoms with E-state index in [1.54, 1.807) is 45.3 Å². The lowest BCUT2D eigenvalue weighted by atomic mass is 9.91. The lowest BCUT2D eigenvalue weighted by Gasteiger charge is -2.28. The molecule has 2 aromatic heterocycles. The highest BCUT2D eigenvalue weighted by Crippen LogP contribution is 2.34. The number of carbonyl (C=O) groups excluding carboxylic acids is 1. The fraction of sp³-hybridized carbons (Fsp3) is 0.360. The van der Waals surface area contributed by atoms with Crippen molar-refractivity contribution in [3.63, 3.8) is 0 Å². The second-order valence-corrected chi connectivity index (χ2v) is 9.35. The Morgan fingerprint density at radius 3 is 2.60 bits per heavy atom. The van der Waals surface area contributed by atoms with E-state index in [1.165, 1.54) is 6.07 Å². The van der Waals surface area contributed by atoms with Crippen LogP contribution in [0.25, 0.3) is 11.4 Å². The maximum Gasteiger partial charge on any atom is 0.416 e. The Morgan fingerprint density at radius 1 is 1.11 bits per heavy atom. The van der Waals surface area contributed by atoms with E-state index in [2.05, 4.69) is 20.6 Å². The monoisotopic (exact) mass is 485 g/mol. The topological polar surface area (TPSA) is 89.0 Å². The molecule has 1 atom stereocenters. The van der Waals surface area contributed by atoms with Crippen molar-refractivity contribution in [1.29, 1.82) is 0 Å². The Bertz CT molecular complexity index is 1210. The van der Waals surface area contributed by atoms with Crippen LogP contribution in [-0.2, 0) is 23.8 Å². The molecule has 184 valence electrons. The third kappa shape index (κ3) is 6.26. The fourth-order valence-corrected chi connectivity index (χ4v) is 3.85. The van der Waals surface area contributed by atoms with Crippen molar-refractivity contribution < 1.29 is 22.7 Å². The predicted octanol–water partition coefficient (Wildman–Crippen LogP) is 5.68. The Balaban J connectivity index is 1.67. The van der Waals surface area contributed by atoms with Crippen molar-refractivity contribution >= 4 is 17.6 Å². The summed E-state index contributed by atoms with van der Waals surface area (Å²) in [5.74, 6) is 0.814. The number of rotatable bonds is 4. The molecule has 35 heavy (non-hydrogen) atoms. The number of hydrogen-bond donors (Lipinski definition) is 2. The number of aromatic nitrogens is 3. The minimum atomic E-state index is -4.47. The Labute approximate surface area is 201 Å². The SMILES string of the molecule is CC(C)(C)OC(=O)N[C@@H]1CCc2nc(-c3cccnc3)nc(Nc3cccc(C(F)(F)F)c3)c2C1. The van der Waals surface area contributed by atoms with Gasteiger partial charge in [0, 0.05) is 40.9 Å². The summed E-state index contributed by atoms with van der Waals surface area (Å²) in [7, 11) is 0. The molecule has 0 unspecified atom stereocenters. The van der Waals surface area contributed by atoms with Gasteiger partial charge < -0.3 is 15.4 Å². The van der Waals surface area contributed by atoms with Gasteiger partial charge in [-0.05, 0) is 70.4 Å². The van der Waals surface area contributed by atoms with E-state index < -0.39 is 23.4 Å². The largest absolute Gasteiger partial charge is 0.444 e. The summed E-state index contributed by atoms with van der Waals surface area (Å²) in [6.07, 6.45) is -0.120. The molecule has 0 fully saturated rings. The van der Waals surface area contributed by atoms with Gasteiger partial charge in [0.1, 0.15) is 11.4 Å². The summed E-state index contributed by atoms with van der Waals surface area (Å²) in [5.41, 5.74) is 1.06. The number of aryl methyl sites for hydroxylation is 1. The van der Waals surface area contributed by atoms with Crippen LogP contribution in [0.4, 0.5) is 29.5 Å². The molecule has 2 N–H and O–H groups in total. The van der Waals surface area contributed by atoms with E-state index in [-0.39, 0.29) is 11.7 Å². The van der Waals surface area contributed by atoms with E-state index in [0.29, 0.717) is 36.5 Å². The molecule has 0 saturated heterocycles. The van der Waals surface area contributed by atoms with Crippen LogP contribution in [0.5, 0.6) is 0 Å². The first-order chi connectivity index (χ1) is 16.5. The van der Waals surface area contributed by atoms with E-state index in [0.717, 1.165) is 23.4 Å². The molecule has 10 heteroatoms. The predicted molar refractivity (Wildman–Crippen MR) is 125 cm³/mol. The molecule has 4 rings (SSSR count).